The number of halogens is 1. The first-order valence-corrected chi connectivity index (χ1v) is 9.15. The maximum absolute atomic E-state index is 6.55. The summed E-state index contributed by atoms with van der Waals surface area (Å²) in [5.74, 6) is 2.33. The lowest BCUT2D eigenvalue weighted by atomic mass is 10.1. The summed E-state index contributed by atoms with van der Waals surface area (Å²) in [7, 11) is 1.77. The highest BCUT2D eigenvalue weighted by Gasteiger charge is 2.14. The fraction of sp³-hybridized carbons (Fsp3) is 0.222. The Morgan fingerprint density at radius 2 is 2.11 bits per heavy atom. The van der Waals surface area contributed by atoms with Crippen LogP contribution in [0, 0.1) is 0 Å². The molecule has 0 aliphatic carbocycles. The Bertz CT molecular complexity index is 1110. The molecule has 0 aliphatic heterocycles. The van der Waals surface area contributed by atoms with Crippen LogP contribution >= 0.6 is 11.6 Å². The van der Waals surface area contributed by atoms with Crippen molar-refractivity contribution < 1.29 is 4.74 Å². The normalized spacial score (nSPS) is 11.0. The van der Waals surface area contributed by atoms with E-state index >= 15 is 0 Å². The highest BCUT2D eigenvalue weighted by molar-refractivity contribution is 6.35. The van der Waals surface area contributed by atoms with Crippen molar-refractivity contribution in [2.75, 3.05) is 24.3 Å². The van der Waals surface area contributed by atoms with Crippen LogP contribution in [0.5, 0.6) is 5.88 Å². The van der Waals surface area contributed by atoms with Gasteiger partial charge in [0, 0.05) is 31.3 Å². The SMILES string of the molecule is CCOc1cc(Nc2nc(NC)ncc2Cc2ccc3[nH]cnc3c2Cl)[nH]n1. The van der Waals surface area contributed by atoms with Crippen LogP contribution < -0.4 is 15.4 Å². The largest absolute Gasteiger partial charge is 0.477 e. The summed E-state index contributed by atoms with van der Waals surface area (Å²) in [4.78, 5) is 16.2. The third-order valence-electron chi connectivity index (χ3n) is 4.18. The molecular weight excluding hydrogens is 380 g/mol. The van der Waals surface area contributed by atoms with Gasteiger partial charge < -0.3 is 20.4 Å². The Balaban J connectivity index is 1.66. The van der Waals surface area contributed by atoms with Crippen LogP contribution in [-0.4, -0.2) is 43.8 Å². The Hall–Kier alpha value is -3.33. The first kappa shape index (κ1) is 18.1. The lowest BCUT2D eigenvalue weighted by Crippen LogP contribution is -2.05. The molecule has 1 aromatic carbocycles. The number of nitrogens with one attached hydrogen (secondary N) is 4. The van der Waals surface area contributed by atoms with Gasteiger partial charge >= 0.3 is 0 Å². The third kappa shape index (κ3) is 3.56. The van der Waals surface area contributed by atoms with Crippen molar-refractivity contribution in [3.8, 4) is 5.88 Å². The summed E-state index contributed by atoms with van der Waals surface area (Å²) in [6, 6.07) is 5.71. The van der Waals surface area contributed by atoms with Gasteiger partial charge in [-0.05, 0) is 18.6 Å². The molecule has 0 saturated carbocycles. The number of aromatic nitrogens is 6. The molecule has 0 aliphatic rings. The molecule has 10 heteroatoms. The van der Waals surface area contributed by atoms with E-state index in [1.54, 1.807) is 25.6 Å². The molecule has 0 saturated heterocycles. The zero-order valence-corrected chi connectivity index (χ0v) is 16.1. The quantitative estimate of drug-likeness (QED) is 0.376. The van der Waals surface area contributed by atoms with Gasteiger partial charge in [-0.15, -0.1) is 5.10 Å². The molecule has 144 valence electrons. The zero-order valence-electron chi connectivity index (χ0n) is 15.4. The topological polar surface area (TPSA) is 116 Å². The number of rotatable bonds is 7. The van der Waals surface area contributed by atoms with E-state index in [4.69, 9.17) is 16.3 Å². The molecule has 0 bridgehead atoms. The average molecular weight is 399 g/mol. The summed E-state index contributed by atoms with van der Waals surface area (Å²) in [5, 5.41) is 13.8. The van der Waals surface area contributed by atoms with Crippen LogP contribution in [0.1, 0.15) is 18.1 Å². The monoisotopic (exact) mass is 398 g/mol. The molecule has 0 amide bonds. The predicted octanol–water partition coefficient (Wildman–Crippen LogP) is 3.50. The molecule has 9 nitrogen and oxygen atoms in total. The minimum Gasteiger partial charge on any atom is -0.477 e. The number of aromatic amines is 2. The van der Waals surface area contributed by atoms with Crippen molar-refractivity contribution in [1.82, 2.24) is 30.1 Å². The zero-order chi connectivity index (χ0) is 19.5. The van der Waals surface area contributed by atoms with Crippen molar-refractivity contribution in [1.29, 1.82) is 0 Å². The summed E-state index contributed by atoms with van der Waals surface area (Å²) in [6.45, 7) is 2.45. The van der Waals surface area contributed by atoms with Gasteiger partial charge in [-0.25, -0.2) is 9.97 Å². The van der Waals surface area contributed by atoms with E-state index in [-0.39, 0.29) is 0 Å². The second kappa shape index (κ2) is 7.73. The smallest absolute Gasteiger partial charge is 0.234 e. The molecule has 0 atom stereocenters. The number of H-pyrrole nitrogens is 2. The number of fused-ring (bicyclic) bond motifs is 1. The van der Waals surface area contributed by atoms with Crippen LogP contribution in [0.15, 0.2) is 30.7 Å². The predicted molar refractivity (Wildman–Crippen MR) is 109 cm³/mol. The van der Waals surface area contributed by atoms with Crippen molar-refractivity contribution in [3.63, 3.8) is 0 Å². The molecule has 4 N–H and O–H groups in total. The van der Waals surface area contributed by atoms with Crippen molar-refractivity contribution in [2.24, 2.45) is 0 Å². The standard InChI is InChI=1S/C18H19ClN8O/c1-3-28-14-7-13(26-27-14)24-17-11(8-21-18(20-2)25-17)6-10-4-5-12-16(15(10)19)23-9-22-12/h4-5,7-9H,3,6H2,1-2H3,(H,22,23)(H3,20,21,24,25,26,27). The van der Waals surface area contributed by atoms with Crippen molar-refractivity contribution >= 4 is 40.2 Å². The fourth-order valence-corrected chi connectivity index (χ4v) is 3.12. The van der Waals surface area contributed by atoms with Gasteiger partial charge in [-0.1, -0.05) is 17.7 Å². The summed E-state index contributed by atoms with van der Waals surface area (Å²) < 4.78 is 5.39. The van der Waals surface area contributed by atoms with E-state index < -0.39 is 0 Å². The van der Waals surface area contributed by atoms with Crippen LogP contribution in [0.2, 0.25) is 5.02 Å². The van der Waals surface area contributed by atoms with Gasteiger partial charge in [-0.2, -0.15) is 4.98 Å². The highest BCUT2D eigenvalue weighted by atomic mass is 35.5. The van der Waals surface area contributed by atoms with Crippen molar-refractivity contribution in [3.05, 3.63) is 46.9 Å². The minimum absolute atomic E-state index is 0.504. The Morgan fingerprint density at radius 1 is 1.21 bits per heavy atom. The van der Waals surface area contributed by atoms with Gasteiger partial charge in [0.15, 0.2) is 0 Å². The molecule has 28 heavy (non-hydrogen) atoms. The van der Waals surface area contributed by atoms with E-state index in [0.29, 0.717) is 41.5 Å². The molecule has 0 radical (unpaired) electrons. The van der Waals surface area contributed by atoms with Crippen LogP contribution in [0.25, 0.3) is 11.0 Å². The van der Waals surface area contributed by atoms with E-state index in [1.165, 1.54) is 0 Å². The molecule has 3 heterocycles. The number of imidazole rings is 1. The van der Waals surface area contributed by atoms with Crippen LogP contribution in [0.4, 0.5) is 17.6 Å². The average Bonchev–Trinajstić information content (AvgIpc) is 3.35. The highest BCUT2D eigenvalue weighted by Crippen LogP contribution is 2.29. The van der Waals surface area contributed by atoms with E-state index in [0.717, 1.165) is 22.2 Å². The van der Waals surface area contributed by atoms with E-state index in [1.807, 2.05) is 19.1 Å². The first-order chi connectivity index (χ1) is 13.7. The Morgan fingerprint density at radius 3 is 2.93 bits per heavy atom. The van der Waals surface area contributed by atoms with Gasteiger partial charge in [0.2, 0.25) is 11.8 Å². The fourth-order valence-electron chi connectivity index (χ4n) is 2.84. The molecule has 0 fully saturated rings. The molecular formula is C18H19ClN8O. The van der Waals surface area contributed by atoms with Gasteiger partial charge in [0.25, 0.3) is 0 Å². The summed E-state index contributed by atoms with van der Waals surface area (Å²) >= 11 is 6.55. The van der Waals surface area contributed by atoms with Gasteiger partial charge in [0.1, 0.15) is 17.2 Å². The summed E-state index contributed by atoms with van der Waals surface area (Å²) in [5.41, 5.74) is 3.46. The second-order valence-electron chi connectivity index (χ2n) is 6.01. The van der Waals surface area contributed by atoms with Crippen LogP contribution in [0.3, 0.4) is 0 Å². The van der Waals surface area contributed by atoms with E-state index in [2.05, 4.69) is 40.8 Å². The molecule has 4 aromatic rings. The van der Waals surface area contributed by atoms with Gasteiger partial charge in [-0.3, -0.25) is 5.10 Å². The maximum Gasteiger partial charge on any atom is 0.234 e. The minimum atomic E-state index is 0.504. The number of nitrogens with zero attached hydrogens (tertiary/aromatic N) is 4. The van der Waals surface area contributed by atoms with Crippen molar-refractivity contribution in [2.45, 2.75) is 13.3 Å². The lowest BCUT2D eigenvalue weighted by molar-refractivity contribution is 0.326. The number of benzene rings is 1. The molecule has 3 aromatic heterocycles. The Kier molecular flexibility index (Phi) is 4.98. The molecule has 4 rings (SSSR count). The summed E-state index contributed by atoms with van der Waals surface area (Å²) in [6.07, 6.45) is 3.94. The number of ether oxygens (including phenoxy) is 1. The number of hydrogen-bond acceptors (Lipinski definition) is 7. The first-order valence-electron chi connectivity index (χ1n) is 8.77. The third-order valence-corrected chi connectivity index (χ3v) is 4.60. The Labute approximate surface area is 165 Å². The van der Waals surface area contributed by atoms with E-state index in [9.17, 15) is 0 Å². The maximum atomic E-state index is 6.55. The lowest BCUT2D eigenvalue weighted by Gasteiger charge is -2.12. The number of anilines is 3. The second-order valence-corrected chi connectivity index (χ2v) is 6.39. The molecule has 0 unspecified atom stereocenters. The van der Waals surface area contributed by atoms with Gasteiger partial charge in [0.05, 0.1) is 23.5 Å². The van der Waals surface area contributed by atoms with Crippen LogP contribution in [-0.2, 0) is 6.42 Å². The molecule has 0 spiro atoms. The number of hydrogen-bond donors (Lipinski definition) is 4.